The summed E-state index contributed by atoms with van der Waals surface area (Å²) < 4.78 is 12.0. The van der Waals surface area contributed by atoms with Crippen LogP contribution < -0.4 is 0 Å². The summed E-state index contributed by atoms with van der Waals surface area (Å²) in [6.07, 6.45) is 3.13. The molecule has 0 rings (SSSR count). The van der Waals surface area contributed by atoms with E-state index < -0.39 is 16.4 Å². The van der Waals surface area contributed by atoms with Gasteiger partial charge in [-0.2, -0.15) is 0 Å². The maximum Gasteiger partial charge on any atom is 0.299 e. The molecule has 0 aliphatic carbocycles. The van der Waals surface area contributed by atoms with Crippen LogP contribution in [0.5, 0.6) is 0 Å². The Balaban J connectivity index is 0. The van der Waals surface area contributed by atoms with E-state index >= 15 is 0 Å². The summed E-state index contributed by atoms with van der Waals surface area (Å²) in [6.45, 7) is 11.3. The Morgan fingerprint density at radius 2 is 2.00 bits per heavy atom. The lowest BCUT2D eigenvalue weighted by molar-refractivity contribution is -0.421. The molecule has 0 aliphatic rings. The second-order valence-electron chi connectivity index (χ2n) is 4.04. The number of rotatable bonds is 6. The summed E-state index contributed by atoms with van der Waals surface area (Å²) in [5, 5.41) is 9.81. The van der Waals surface area contributed by atoms with Crippen molar-refractivity contribution < 1.29 is 9.31 Å². The summed E-state index contributed by atoms with van der Waals surface area (Å²) in [5.41, 5.74) is 0.777. The highest BCUT2D eigenvalue weighted by Gasteiger charge is 2.08. The van der Waals surface area contributed by atoms with Gasteiger partial charge in [0.05, 0.1) is 4.92 Å². The summed E-state index contributed by atoms with van der Waals surface area (Å²) in [4.78, 5) is 11.2. The van der Waals surface area contributed by atoms with Crippen LogP contribution in [-0.4, -0.2) is 30.5 Å². The van der Waals surface area contributed by atoms with Gasteiger partial charge in [-0.05, 0) is 33.9 Å². The smallest absolute Gasteiger partial charge is 0.299 e. The van der Waals surface area contributed by atoms with Crippen molar-refractivity contribution in [3.8, 4) is 0 Å². The molecule has 0 saturated heterocycles. The first kappa shape index (κ1) is 18.9. The molecule has 104 valence electrons. The molecule has 0 aromatic carbocycles. The van der Waals surface area contributed by atoms with Crippen LogP contribution in [0.1, 0.15) is 26.7 Å². The second kappa shape index (κ2) is 10.7. The molecule has 0 aromatic heterocycles. The zero-order valence-electron chi connectivity index (χ0n) is 11.7. The van der Waals surface area contributed by atoms with E-state index in [4.69, 9.17) is 0 Å². The average molecular weight is 258 g/mol. The van der Waals surface area contributed by atoms with E-state index in [9.17, 15) is 14.5 Å². The Labute approximate surface area is 109 Å². The van der Waals surface area contributed by atoms with Gasteiger partial charge in [-0.1, -0.05) is 25.7 Å². The fourth-order valence-corrected chi connectivity index (χ4v) is 0.899. The van der Waals surface area contributed by atoms with Crippen molar-refractivity contribution in [3.05, 3.63) is 46.4 Å². The summed E-state index contributed by atoms with van der Waals surface area (Å²) in [7, 11) is 4.17. The first-order chi connectivity index (χ1) is 8.26. The van der Waals surface area contributed by atoms with Gasteiger partial charge >= 0.3 is 0 Å². The monoisotopic (exact) mass is 258 g/mol. The van der Waals surface area contributed by atoms with Crippen molar-refractivity contribution in [2.75, 3.05) is 20.6 Å². The van der Waals surface area contributed by atoms with Crippen LogP contribution in [0, 0.1) is 10.1 Å². The molecule has 5 heteroatoms. The zero-order chi connectivity index (χ0) is 14.7. The molecule has 0 radical (unpaired) electrons. The highest BCUT2D eigenvalue weighted by Crippen LogP contribution is 2.05. The standard InChI is InChI=1S/C8H17N.C5H6FNO2/c1-5-8(2)6-7-9(3)4;1-3-5(4(2)6)7(8)9/h2,5-7H2,1,3-4H3;3H,1H2,2H3/b;5-4-. The van der Waals surface area contributed by atoms with Crippen LogP contribution in [0.25, 0.3) is 0 Å². The van der Waals surface area contributed by atoms with Crippen molar-refractivity contribution in [1.82, 2.24) is 4.90 Å². The topological polar surface area (TPSA) is 46.4 Å². The molecule has 0 N–H and O–H groups in total. The number of allylic oxidation sites excluding steroid dienone is 2. The third-order valence-electron chi connectivity index (χ3n) is 2.16. The van der Waals surface area contributed by atoms with Crippen molar-refractivity contribution in [3.63, 3.8) is 0 Å². The maximum absolute atomic E-state index is 12.0. The minimum atomic E-state index is -0.824. The lowest BCUT2D eigenvalue weighted by atomic mass is 10.2. The fraction of sp³-hybridized carbons (Fsp3) is 0.538. The SMILES string of the molecule is C=C(CC)CCN(C)C.C=C/C(=C(\C)F)[N+](=O)[O-]. The average Bonchev–Trinajstić information content (AvgIpc) is 2.26. The Morgan fingerprint density at radius 1 is 1.50 bits per heavy atom. The number of nitrogens with zero attached hydrogens (tertiary/aromatic N) is 2. The van der Waals surface area contributed by atoms with Gasteiger partial charge in [-0.3, -0.25) is 10.1 Å². The van der Waals surface area contributed by atoms with E-state index in [0.29, 0.717) is 0 Å². The molecule has 0 atom stereocenters. The first-order valence-corrected chi connectivity index (χ1v) is 5.70. The van der Waals surface area contributed by atoms with E-state index in [2.05, 4.69) is 39.1 Å². The van der Waals surface area contributed by atoms with E-state index in [1.54, 1.807) is 0 Å². The molecular weight excluding hydrogens is 235 g/mol. The van der Waals surface area contributed by atoms with Crippen LogP contribution in [0.3, 0.4) is 0 Å². The molecule has 0 unspecified atom stereocenters. The first-order valence-electron chi connectivity index (χ1n) is 5.70. The molecule has 0 saturated carbocycles. The van der Waals surface area contributed by atoms with Gasteiger partial charge in [0.1, 0.15) is 0 Å². The van der Waals surface area contributed by atoms with E-state index in [1.807, 2.05) is 0 Å². The van der Waals surface area contributed by atoms with Crippen LogP contribution in [0.15, 0.2) is 36.3 Å². The zero-order valence-corrected chi connectivity index (χ0v) is 11.7. The van der Waals surface area contributed by atoms with Crippen LogP contribution in [0.4, 0.5) is 4.39 Å². The van der Waals surface area contributed by atoms with Crippen LogP contribution in [-0.2, 0) is 0 Å². The summed E-state index contributed by atoms with van der Waals surface area (Å²) in [5.74, 6) is -0.824. The van der Waals surface area contributed by atoms with Gasteiger partial charge in [0.15, 0.2) is 5.83 Å². The third-order valence-corrected chi connectivity index (χ3v) is 2.16. The van der Waals surface area contributed by atoms with Gasteiger partial charge in [0, 0.05) is 12.6 Å². The number of halogens is 1. The van der Waals surface area contributed by atoms with Gasteiger partial charge in [-0.15, -0.1) is 0 Å². The largest absolute Gasteiger partial charge is 0.309 e. The lowest BCUT2D eigenvalue weighted by Gasteiger charge is -2.08. The van der Waals surface area contributed by atoms with Gasteiger partial charge in [0.2, 0.25) is 0 Å². The second-order valence-corrected chi connectivity index (χ2v) is 4.04. The highest BCUT2D eigenvalue weighted by atomic mass is 19.1. The van der Waals surface area contributed by atoms with Crippen LogP contribution >= 0.6 is 0 Å². The molecular formula is C13H23FN2O2. The minimum Gasteiger partial charge on any atom is -0.309 e. The summed E-state index contributed by atoms with van der Waals surface area (Å²) in [6, 6.07) is 0. The van der Waals surface area contributed by atoms with Crippen molar-refractivity contribution in [2.45, 2.75) is 26.7 Å². The predicted octanol–water partition coefficient (Wildman–Crippen LogP) is 3.55. The predicted molar refractivity (Wildman–Crippen MR) is 73.6 cm³/mol. The van der Waals surface area contributed by atoms with Gasteiger partial charge in [0.25, 0.3) is 5.70 Å². The van der Waals surface area contributed by atoms with Crippen molar-refractivity contribution >= 4 is 0 Å². The van der Waals surface area contributed by atoms with Crippen LogP contribution in [0.2, 0.25) is 0 Å². The maximum atomic E-state index is 12.0. The number of nitro groups is 1. The van der Waals surface area contributed by atoms with Gasteiger partial charge in [-0.25, -0.2) is 4.39 Å². The minimum absolute atomic E-state index is 0.574. The highest BCUT2D eigenvalue weighted by molar-refractivity contribution is 5.09. The van der Waals surface area contributed by atoms with E-state index in [-0.39, 0.29) is 0 Å². The number of hydrogen-bond acceptors (Lipinski definition) is 3. The molecule has 0 aromatic rings. The molecule has 0 heterocycles. The summed E-state index contributed by atoms with van der Waals surface area (Å²) >= 11 is 0. The Morgan fingerprint density at radius 3 is 2.17 bits per heavy atom. The molecule has 0 spiro atoms. The quantitative estimate of drug-likeness (QED) is 0.317. The fourth-order valence-electron chi connectivity index (χ4n) is 0.899. The molecule has 4 nitrogen and oxygen atoms in total. The Bertz CT molecular complexity index is 319. The Hall–Kier alpha value is -1.49. The van der Waals surface area contributed by atoms with Gasteiger partial charge < -0.3 is 4.90 Å². The van der Waals surface area contributed by atoms with Crippen molar-refractivity contribution in [2.24, 2.45) is 0 Å². The van der Waals surface area contributed by atoms with E-state index in [0.717, 1.165) is 32.4 Å². The molecule has 18 heavy (non-hydrogen) atoms. The number of hydrogen-bond donors (Lipinski definition) is 0. The lowest BCUT2D eigenvalue weighted by Crippen LogP contribution is -2.13. The Kier molecular flexibility index (Phi) is 11.2. The molecule has 0 fully saturated rings. The molecule has 0 amide bonds. The molecule has 0 aliphatic heterocycles. The molecule has 0 bridgehead atoms. The third kappa shape index (κ3) is 11.0. The van der Waals surface area contributed by atoms with Crippen molar-refractivity contribution in [1.29, 1.82) is 0 Å². The normalized spacial score (nSPS) is 11.2. The van der Waals surface area contributed by atoms with E-state index in [1.165, 1.54) is 5.57 Å².